The van der Waals surface area contributed by atoms with Gasteiger partial charge in [0.2, 0.25) is 0 Å². The van der Waals surface area contributed by atoms with Gasteiger partial charge < -0.3 is 9.84 Å². The highest BCUT2D eigenvalue weighted by atomic mass is 16.5. The fourth-order valence-electron chi connectivity index (χ4n) is 3.17. The lowest BCUT2D eigenvalue weighted by Crippen LogP contribution is -2.18. The average Bonchev–Trinajstić information content (AvgIpc) is 2.52. The maximum absolute atomic E-state index is 10.5. The molecule has 0 aromatic carbocycles. The number of carboxylic acids is 1. The number of hydrogen-bond donors (Lipinski definition) is 1. The van der Waals surface area contributed by atoms with Crippen LogP contribution in [0.1, 0.15) is 117 Å². The van der Waals surface area contributed by atoms with Gasteiger partial charge >= 0.3 is 5.97 Å². The monoisotopic (exact) mass is 342 g/mol. The van der Waals surface area contributed by atoms with Gasteiger partial charge in [-0.3, -0.25) is 4.79 Å². The number of ether oxygens (including phenoxy) is 1. The van der Waals surface area contributed by atoms with Crippen LogP contribution in [0.4, 0.5) is 0 Å². The first-order valence-corrected chi connectivity index (χ1v) is 10.4. The van der Waals surface area contributed by atoms with Crippen LogP contribution in [0.3, 0.4) is 0 Å². The maximum Gasteiger partial charge on any atom is 0.303 e. The van der Waals surface area contributed by atoms with E-state index in [1.165, 1.54) is 64.2 Å². The van der Waals surface area contributed by atoms with Gasteiger partial charge in [-0.2, -0.15) is 0 Å². The summed E-state index contributed by atoms with van der Waals surface area (Å²) in [4.78, 5) is 10.5. The molecule has 0 unspecified atom stereocenters. The third-order valence-corrected chi connectivity index (χ3v) is 4.51. The number of aliphatic carboxylic acids is 1. The number of carboxylic acid groups (broad SMARTS) is 1. The molecule has 0 amide bonds. The molecule has 0 aliphatic rings. The first kappa shape index (κ1) is 23.4. The van der Waals surface area contributed by atoms with Crippen LogP contribution in [0.25, 0.3) is 0 Å². The maximum atomic E-state index is 10.5. The summed E-state index contributed by atoms with van der Waals surface area (Å²) < 4.78 is 6.08. The number of carbonyl (C=O) groups is 1. The molecule has 0 aromatic rings. The molecule has 0 aliphatic heterocycles. The van der Waals surface area contributed by atoms with E-state index in [9.17, 15) is 4.79 Å². The van der Waals surface area contributed by atoms with Crippen LogP contribution in [-0.2, 0) is 9.53 Å². The molecule has 0 fully saturated rings. The largest absolute Gasteiger partial charge is 0.481 e. The minimum absolute atomic E-state index is 0.315. The van der Waals surface area contributed by atoms with Crippen LogP contribution in [0.2, 0.25) is 0 Å². The van der Waals surface area contributed by atoms with Crippen LogP contribution in [-0.4, -0.2) is 23.3 Å². The van der Waals surface area contributed by atoms with Gasteiger partial charge in [0.05, 0.1) is 12.2 Å². The van der Waals surface area contributed by atoms with Crippen molar-refractivity contribution >= 4 is 5.97 Å². The van der Waals surface area contributed by atoms with E-state index in [0.717, 1.165) is 25.7 Å². The summed E-state index contributed by atoms with van der Waals surface area (Å²) in [6.07, 6.45) is 18.3. The lowest BCUT2D eigenvalue weighted by Gasteiger charge is -2.20. The van der Waals surface area contributed by atoms with Gasteiger partial charge in [-0.1, -0.05) is 77.6 Å². The fourth-order valence-corrected chi connectivity index (χ4v) is 3.17. The fraction of sp³-hybridized carbons (Fsp3) is 0.952. The van der Waals surface area contributed by atoms with E-state index in [1.54, 1.807) is 0 Å². The molecule has 1 N–H and O–H groups in total. The minimum atomic E-state index is -0.671. The molecule has 24 heavy (non-hydrogen) atoms. The van der Waals surface area contributed by atoms with Gasteiger partial charge in [0.15, 0.2) is 0 Å². The van der Waals surface area contributed by atoms with Gasteiger partial charge in [-0.05, 0) is 33.1 Å². The smallest absolute Gasteiger partial charge is 0.303 e. The molecule has 0 bridgehead atoms. The summed E-state index contributed by atoms with van der Waals surface area (Å²) in [6, 6.07) is 0. The summed E-state index contributed by atoms with van der Waals surface area (Å²) in [5.74, 6) is -0.671. The first-order valence-electron chi connectivity index (χ1n) is 10.4. The number of rotatable bonds is 18. The second-order valence-corrected chi connectivity index (χ2v) is 7.42. The Bertz CT molecular complexity index is 276. The van der Waals surface area contributed by atoms with Crippen LogP contribution in [0, 0.1) is 0 Å². The van der Waals surface area contributed by atoms with Gasteiger partial charge in [-0.25, -0.2) is 0 Å². The Morgan fingerprint density at radius 3 is 1.71 bits per heavy atom. The summed E-state index contributed by atoms with van der Waals surface area (Å²) in [6.45, 7) is 6.52. The summed E-state index contributed by atoms with van der Waals surface area (Å²) >= 11 is 0. The van der Waals surface area contributed by atoms with E-state index in [-0.39, 0.29) is 0 Å². The van der Waals surface area contributed by atoms with Gasteiger partial charge in [0.1, 0.15) is 0 Å². The second-order valence-electron chi connectivity index (χ2n) is 7.42. The molecule has 0 radical (unpaired) electrons. The van der Waals surface area contributed by atoms with Crippen molar-refractivity contribution in [2.45, 2.75) is 129 Å². The Hall–Kier alpha value is -0.570. The Kier molecular flexibility index (Phi) is 16.8. The Labute approximate surface area is 150 Å². The van der Waals surface area contributed by atoms with Crippen molar-refractivity contribution in [1.29, 1.82) is 0 Å². The average molecular weight is 343 g/mol. The molecule has 3 heteroatoms. The van der Waals surface area contributed by atoms with Crippen molar-refractivity contribution < 1.29 is 14.6 Å². The molecule has 144 valence electrons. The molecule has 0 rings (SSSR count). The van der Waals surface area contributed by atoms with Crippen molar-refractivity contribution in [3.8, 4) is 0 Å². The molecular weight excluding hydrogens is 300 g/mol. The van der Waals surface area contributed by atoms with Crippen molar-refractivity contribution in [3.63, 3.8) is 0 Å². The topological polar surface area (TPSA) is 46.5 Å². The van der Waals surface area contributed by atoms with E-state index >= 15 is 0 Å². The molecule has 0 aliphatic carbocycles. The third-order valence-electron chi connectivity index (χ3n) is 4.51. The Morgan fingerprint density at radius 1 is 0.792 bits per heavy atom. The minimum Gasteiger partial charge on any atom is -0.481 e. The van der Waals surface area contributed by atoms with Gasteiger partial charge in [-0.15, -0.1) is 0 Å². The van der Waals surface area contributed by atoms with E-state index in [1.807, 2.05) is 0 Å². The van der Waals surface area contributed by atoms with Crippen molar-refractivity contribution in [2.75, 3.05) is 0 Å². The Balaban J connectivity index is 3.64. The van der Waals surface area contributed by atoms with E-state index < -0.39 is 5.97 Å². The predicted octanol–water partition coefficient (Wildman–Crippen LogP) is 6.74. The molecule has 0 aromatic heterocycles. The molecule has 1 atom stereocenters. The zero-order chi connectivity index (χ0) is 18.0. The molecular formula is C21H42O3. The van der Waals surface area contributed by atoms with Crippen molar-refractivity contribution in [3.05, 3.63) is 0 Å². The SMILES string of the molecule is CCCCCCCCC[C@@H](CCCCCCCC(=O)O)OC(C)C. The molecule has 0 saturated heterocycles. The number of unbranched alkanes of at least 4 members (excludes halogenated alkanes) is 10. The quantitative estimate of drug-likeness (QED) is 0.281. The van der Waals surface area contributed by atoms with Crippen LogP contribution >= 0.6 is 0 Å². The normalized spacial score (nSPS) is 12.7. The van der Waals surface area contributed by atoms with E-state index in [0.29, 0.717) is 18.6 Å². The summed E-state index contributed by atoms with van der Waals surface area (Å²) in [5, 5.41) is 8.62. The highest BCUT2D eigenvalue weighted by Crippen LogP contribution is 2.18. The third kappa shape index (κ3) is 17.8. The molecule has 3 nitrogen and oxygen atoms in total. The molecule has 0 saturated carbocycles. The van der Waals surface area contributed by atoms with Gasteiger partial charge in [0, 0.05) is 6.42 Å². The first-order chi connectivity index (χ1) is 11.6. The van der Waals surface area contributed by atoms with Crippen LogP contribution in [0.5, 0.6) is 0 Å². The second kappa shape index (κ2) is 17.3. The van der Waals surface area contributed by atoms with Crippen molar-refractivity contribution in [2.24, 2.45) is 0 Å². The standard InChI is InChI=1S/C21H42O3/c1-4-5-6-7-8-10-13-16-20(24-19(2)3)17-14-11-9-12-15-18-21(22)23/h19-20H,4-18H2,1-3H3,(H,22,23)/t20-/m0/s1. The highest BCUT2D eigenvalue weighted by Gasteiger charge is 2.10. The van der Waals surface area contributed by atoms with Gasteiger partial charge in [0.25, 0.3) is 0 Å². The lowest BCUT2D eigenvalue weighted by molar-refractivity contribution is -0.137. The zero-order valence-corrected chi connectivity index (χ0v) is 16.5. The number of hydrogen-bond acceptors (Lipinski definition) is 2. The molecule has 0 spiro atoms. The van der Waals surface area contributed by atoms with E-state index in [2.05, 4.69) is 20.8 Å². The lowest BCUT2D eigenvalue weighted by atomic mass is 10.0. The highest BCUT2D eigenvalue weighted by molar-refractivity contribution is 5.66. The summed E-state index contributed by atoms with van der Waals surface area (Å²) in [5.41, 5.74) is 0. The van der Waals surface area contributed by atoms with Crippen molar-refractivity contribution in [1.82, 2.24) is 0 Å². The predicted molar refractivity (Wildman–Crippen MR) is 103 cm³/mol. The van der Waals surface area contributed by atoms with Crippen LogP contribution in [0.15, 0.2) is 0 Å². The Morgan fingerprint density at radius 2 is 1.25 bits per heavy atom. The molecule has 0 heterocycles. The van der Waals surface area contributed by atoms with E-state index in [4.69, 9.17) is 9.84 Å². The summed E-state index contributed by atoms with van der Waals surface area (Å²) in [7, 11) is 0. The van der Waals surface area contributed by atoms with Crippen LogP contribution < -0.4 is 0 Å². The zero-order valence-electron chi connectivity index (χ0n) is 16.5.